The van der Waals surface area contributed by atoms with Crippen molar-refractivity contribution in [2.24, 2.45) is 0 Å². The average Bonchev–Trinajstić information content (AvgIpc) is 3.18. The molecule has 0 amide bonds. The fraction of sp³-hybridized carbons (Fsp3) is 0.267. The third-order valence-corrected chi connectivity index (χ3v) is 5.39. The Labute approximate surface area is 154 Å². The molecule has 25 heavy (non-hydrogen) atoms. The number of nitrogens with zero attached hydrogens (tertiary/aromatic N) is 4. The maximum absolute atomic E-state index is 12.6. The summed E-state index contributed by atoms with van der Waals surface area (Å²) in [6, 6.07) is 7.46. The largest absolute Gasteiger partial charge is 0.434 e. The Morgan fingerprint density at radius 3 is 2.48 bits per heavy atom. The third-order valence-electron chi connectivity index (χ3n) is 3.27. The van der Waals surface area contributed by atoms with Crippen LogP contribution in [0.25, 0.3) is 0 Å². The zero-order chi connectivity index (χ0) is 18.0. The number of benzene rings is 1. The number of hydrogen-bond acceptors (Lipinski definition) is 6. The highest BCUT2D eigenvalue weighted by Gasteiger charge is 2.33. The van der Waals surface area contributed by atoms with Gasteiger partial charge in [-0.15, -0.1) is 21.5 Å². The van der Waals surface area contributed by atoms with Crippen molar-refractivity contribution in [1.29, 1.82) is 0 Å². The van der Waals surface area contributed by atoms with Gasteiger partial charge < -0.3 is 4.90 Å². The van der Waals surface area contributed by atoms with E-state index < -0.39 is 11.9 Å². The summed E-state index contributed by atoms with van der Waals surface area (Å²) in [6.45, 7) is 0.246. The molecule has 0 aliphatic rings. The van der Waals surface area contributed by atoms with Gasteiger partial charge in [-0.3, -0.25) is 0 Å². The number of halogens is 4. The molecule has 10 heteroatoms. The Hall–Kier alpha value is -1.71. The van der Waals surface area contributed by atoms with Gasteiger partial charge in [0.2, 0.25) is 5.13 Å². The fourth-order valence-electron chi connectivity index (χ4n) is 2.03. The average molecular weight is 405 g/mol. The van der Waals surface area contributed by atoms with E-state index in [-0.39, 0.29) is 6.54 Å². The Bertz CT molecular complexity index is 845. The monoisotopic (exact) mass is 404 g/mol. The summed E-state index contributed by atoms with van der Waals surface area (Å²) in [6.07, 6.45) is -3.79. The second kappa shape index (κ2) is 7.27. The van der Waals surface area contributed by atoms with Crippen molar-refractivity contribution in [3.8, 4) is 0 Å². The molecule has 0 aliphatic heterocycles. The molecule has 2 heterocycles. The zero-order valence-electron chi connectivity index (χ0n) is 12.9. The molecule has 0 bridgehead atoms. The minimum Gasteiger partial charge on any atom is -0.343 e. The summed E-state index contributed by atoms with van der Waals surface area (Å²) < 4.78 is 37.8. The predicted molar refractivity (Wildman–Crippen MR) is 93.4 cm³/mol. The molecule has 0 unspecified atom stereocenters. The highest BCUT2D eigenvalue weighted by atomic mass is 35.5. The van der Waals surface area contributed by atoms with Crippen LogP contribution in [0, 0.1) is 0 Å². The smallest absolute Gasteiger partial charge is 0.343 e. The van der Waals surface area contributed by atoms with Gasteiger partial charge in [0.25, 0.3) is 0 Å². The lowest BCUT2D eigenvalue weighted by molar-refractivity contribution is -0.140. The molecular weight excluding hydrogens is 393 g/mol. The second-order valence-corrected chi connectivity index (χ2v) is 7.68. The van der Waals surface area contributed by atoms with Crippen LogP contribution in [0.1, 0.15) is 21.3 Å². The van der Waals surface area contributed by atoms with Crippen molar-refractivity contribution < 1.29 is 13.2 Å². The van der Waals surface area contributed by atoms with Crippen molar-refractivity contribution in [3.05, 3.63) is 55.9 Å². The van der Waals surface area contributed by atoms with Crippen molar-refractivity contribution >= 4 is 39.4 Å². The summed E-state index contributed by atoms with van der Waals surface area (Å²) in [5.41, 5.74) is 0.200. The van der Waals surface area contributed by atoms with E-state index in [9.17, 15) is 13.2 Å². The van der Waals surface area contributed by atoms with E-state index in [1.165, 1.54) is 11.3 Å². The van der Waals surface area contributed by atoms with E-state index in [0.29, 0.717) is 21.6 Å². The standard InChI is InChI=1S/C15H12ClF3N4S2/c1-23(7-13-20-11(8-24-13)15(17,18)19)14-22-21-12(25-14)6-9-2-4-10(16)5-3-9/h2-5,8H,6-7H2,1H3. The van der Waals surface area contributed by atoms with E-state index in [2.05, 4.69) is 15.2 Å². The first-order valence-electron chi connectivity index (χ1n) is 7.11. The number of aromatic nitrogens is 3. The van der Waals surface area contributed by atoms with Gasteiger partial charge in [-0.2, -0.15) is 13.2 Å². The Morgan fingerprint density at radius 1 is 1.12 bits per heavy atom. The summed E-state index contributed by atoms with van der Waals surface area (Å²) in [5.74, 6) is 0. The SMILES string of the molecule is CN(Cc1nc(C(F)(F)F)cs1)c1nnc(Cc2ccc(Cl)cc2)s1. The van der Waals surface area contributed by atoms with Crippen molar-refractivity contribution in [2.75, 3.05) is 11.9 Å². The van der Waals surface area contributed by atoms with Crippen molar-refractivity contribution in [3.63, 3.8) is 0 Å². The highest BCUT2D eigenvalue weighted by molar-refractivity contribution is 7.15. The molecule has 3 rings (SSSR count). The molecular formula is C15H12ClF3N4S2. The van der Waals surface area contributed by atoms with Crippen LogP contribution >= 0.6 is 34.3 Å². The molecule has 3 aromatic rings. The van der Waals surface area contributed by atoms with Crippen molar-refractivity contribution in [2.45, 2.75) is 19.1 Å². The number of anilines is 1. The molecule has 0 radical (unpaired) electrons. The molecule has 0 atom stereocenters. The molecule has 0 aliphatic carbocycles. The topological polar surface area (TPSA) is 41.9 Å². The number of thiazole rings is 1. The molecule has 0 saturated carbocycles. The summed E-state index contributed by atoms with van der Waals surface area (Å²) in [5, 5.41) is 11.8. The number of alkyl halides is 3. The Morgan fingerprint density at radius 2 is 1.84 bits per heavy atom. The maximum Gasteiger partial charge on any atom is 0.434 e. The van der Waals surface area contributed by atoms with Gasteiger partial charge in [0.1, 0.15) is 10.0 Å². The minimum atomic E-state index is -4.41. The fourth-order valence-corrected chi connectivity index (χ4v) is 3.84. The summed E-state index contributed by atoms with van der Waals surface area (Å²) in [4.78, 5) is 5.36. The lowest BCUT2D eigenvalue weighted by atomic mass is 10.2. The molecule has 0 saturated heterocycles. The van der Waals surface area contributed by atoms with Crippen LogP contribution in [0.4, 0.5) is 18.3 Å². The predicted octanol–water partition coefficient (Wildman–Crippen LogP) is 4.89. The van der Waals surface area contributed by atoms with Crippen LogP contribution in [-0.4, -0.2) is 22.2 Å². The van der Waals surface area contributed by atoms with Crippen LogP contribution in [-0.2, 0) is 19.1 Å². The Balaban J connectivity index is 1.65. The zero-order valence-corrected chi connectivity index (χ0v) is 15.3. The van der Waals surface area contributed by atoms with E-state index >= 15 is 0 Å². The van der Waals surface area contributed by atoms with Gasteiger partial charge in [-0.1, -0.05) is 35.1 Å². The summed E-state index contributed by atoms with van der Waals surface area (Å²) >= 11 is 8.24. The number of hydrogen-bond donors (Lipinski definition) is 0. The molecule has 0 N–H and O–H groups in total. The first kappa shape index (κ1) is 18.1. The quantitative estimate of drug-likeness (QED) is 0.607. The van der Waals surface area contributed by atoms with E-state index in [4.69, 9.17) is 11.6 Å². The van der Waals surface area contributed by atoms with Gasteiger partial charge >= 0.3 is 6.18 Å². The molecule has 0 spiro atoms. The second-order valence-electron chi connectivity index (χ2n) is 5.26. The van der Waals surface area contributed by atoms with Gasteiger partial charge in [0, 0.05) is 23.9 Å². The van der Waals surface area contributed by atoms with Gasteiger partial charge in [0.15, 0.2) is 5.69 Å². The minimum absolute atomic E-state index is 0.246. The van der Waals surface area contributed by atoms with Crippen LogP contribution in [0.2, 0.25) is 5.02 Å². The van der Waals surface area contributed by atoms with Crippen LogP contribution in [0.3, 0.4) is 0 Å². The molecule has 132 valence electrons. The first-order valence-corrected chi connectivity index (χ1v) is 9.18. The summed E-state index contributed by atoms with van der Waals surface area (Å²) in [7, 11) is 1.75. The van der Waals surface area contributed by atoms with Crippen LogP contribution < -0.4 is 4.90 Å². The molecule has 2 aromatic heterocycles. The molecule has 4 nitrogen and oxygen atoms in total. The van der Waals surface area contributed by atoms with Crippen LogP contribution in [0.5, 0.6) is 0 Å². The number of rotatable bonds is 5. The Kier molecular flexibility index (Phi) is 5.26. The van der Waals surface area contributed by atoms with E-state index in [0.717, 1.165) is 27.3 Å². The maximum atomic E-state index is 12.6. The first-order chi connectivity index (χ1) is 11.8. The van der Waals surface area contributed by atoms with Crippen molar-refractivity contribution in [1.82, 2.24) is 15.2 Å². The molecule has 0 fully saturated rings. The molecule has 1 aromatic carbocycles. The lowest BCUT2D eigenvalue weighted by Crippen LogP contribution is -2.16. The van der Waals surface area contributed by atoms with Gasteiger partial charge in [-0.05, 0) is 17.7 Å². The third kappa shape index (κ3) is 4.68. The highest BCUT2D eigenvalue weighted by Crippen LogP contribution is 2.31. The van der Waals surface area contributed by atoms with Gasteiger partial charge in [0.05, 0.1) is 6.54 Å². The van der Waals surface area contributed by atoms with E-state index in [1.807, 2.05) is 24.3 Å². The van der Waals surface area contributed by atoms with E-state index in [1.54, 1.807) is 11.9 Å². The van der Waals surface area contributed by atoms with Gasteiger partial charge in [-0.25, -0.2) is 4.98 Å². The lowest BCUT2D eigenvalue weighted by Gasteiger charge is -2.12. The van der Waals surface area contributed by atoms with Crippen LogP contribution in [0.15, 0.2) is 29.6 Å². The normalized spacial score (nSPS) is 11.7.